The van der Waals surface area contributed by atoms with E-state index in [4.69, 9.17) is 9.97 Å². The zero-order valence-corrected chi connectivity index (χ0v) is 19.0. The fourth-order valence-corrected chi connectivity index (χ4v) is 8.23. The van der Waals surface area contributed by atoms with E-state index in [1.165, 1.54) is 31.0 Å². The van der Waals surface area contributed by atoms with Gasteiger partial charge in [-0.05, 0) is 82.0 Å². The van der Waals surface area contributed by atoms with Crippen LogP contribution in [-0.4, -0.2) is 31.1 Å². The molecule has 8 heteroatoms. The minimum atomic E-state index is -0.436. The first-order valence-electron chi connectivity index (χ1n) is 12.2. The maximum Gasteiger partial charge on any atom is 0.330 e. The molecule has 6 fully saturated rings. The molecule has 8 rings (SSSR count). The van der Waals surface area contributed by atoms with Crippen LogP contribution in [0.5, 0.6) is 0 Å². The molecule has 0 unspecified atom stereocenters. The standard InChI is InChI=1S/C24H28N4O3S/c29-17(24-8-12-5-13(9-24)7-14(6-12)10-24)11-32-22-18-20(25-19(26-22)15-1-2-15)28(16-3-4-16)23(31)27-21(18)30/h12-16H,1-11H2,(H,27,30,31). The van der Waals surface area contributed by atoms with Crippen molar-refractivity contribution in [1.82, 2.24) is 19.5 Å². The van der Waals surface area contributed by atoms with Gasteiger partial charge in [0.1, 0.15) is 22.0 Å². The number of ketones is 1. The first kappa shape index (κ1) is 19.5. The highest BCUT2D eigenvalue weighted by Crippen LogP contribution is 2.60. The van der Waals surface area contributed by atoms with Gasteiger partial charge in [-0.2, -0.15) is 0 Å². The lowest BCUT2D eigenvalue weighted by Gasteiger charge is -2.56. The molecule has 2 aromatic heterocycles. The van der Waals surface area contributed by atoms with Crippen LogP contribution in [0.1, 0.15) is 82.0 Å². The summed E-state index contributed by atoms with van der Waals surface area (Å²) in [7, 11) is 0. The second-order valence-electron chi connectivity index (χ2n) is 11.1. The molecular weight excluding hydrogens is 424 g/mol. The SMILES string of the molecule is O=C(CSc1nc(C2CC2)nc2c1c(=O)[nH]c(=O)n2C1CC1)C12CC3CC(CC(C3)C1)C2. The third-order valence-corrected chi connectivity index (χ3v) is 9.57. The van der Waals surface area contributed by atoms with Gasteiger partial charge in [0.25, 0.3) is 5.56 Å². The summed E-state index contributed by atoms with van der Waals surface area (Å²) in [6.45, 7) is 0. The van der Waals surface area contributed by atoms with Crippen molar-refractivity contribution in [3.63, 3.8) is 0 Å². The van der Waals surface area contributed by atoms with Crippen LogP contribution >= 0.6 is 11.8 Å². The van der Waals surface area contributed by atoms with E-state index < -0.39 is 5.56 Å². The van der Waals surface area contributed by atoms with E-state index >= 15 is 0 Å². The Bertz CT molecular complexity index is 1220. The van der Waals surface area contributed by atoms with Crippen LogP contribution in [0.3, 0.4) is 0 Å². The van der Waals surface area contributed by atoms with Crippen molar-refractivity contribution in [2.24, 2.45) is 23.2 Å². The van der Waals surface area contributed by atoms with E-state index in [1.807, 2.05) is 0 Å². The summed E-state index contributed by atoms with van der Waals surface area (Å²) in [5, 5.41) is 0.954. The van der Waals surface area contributed by atoms with Gasteiger partial charge >= 0.3 is 5.69 Å². The molecule has 6 aliphatic rings. The predicted octanol–water partition coefficient (Wildman–Crippen LogP) is 3.57. The van der Waals surface area contributed by atoms with Crippen LogP contribution in [0.15, 0.2) is 14.6 Å². The predicted molar refractivity (Wildman–Crippen MR) is 121 cm³/mol. The summed E-state index contributed by atoms with van der Waals surface area (Å²) in [5.74, 6) is 3.91. The maximum atomic E-state index is 13.6. The third-order valence-electron chi connectivity index (χ3n) is 8.59. The van der Waals surface area contributed by atoms with Gasteiger partial charge in [0.15, 0.2) is 5.65 Å². The minimum absolute atomic E-state index is 0.107. The van der Waals surface area contributed by atoms with Crippen LogP contribution in [-0.2, 0) is 4.79 Å². The largest absolute Gasteiger partial charge is 0.330 e. The Morgan fingerprint density at radius 2 is 1.66 bits per heavy atom. The first-order chi connectivity index (χ1) is 15.5. The van der Waals surface area contributed by atoms with E-state index in [-0.39, 0.29) is 17.1 Å². The molecule has 2 aromatic rings. The van der Waals surface area contributed by atoms with Crippen molar-refractivity contribution >= 4 is 28.6 Å². The second-order valence-corrected chi connectivity index (χ2v) is 12.1. The van der Waals surface area contributed by atoms with Gasteiger partial charge in [-0.1, -0.05) is 11.8 Å². The molecule has 0 spiro atoms. The number of aromatic amines is 1. The molecule has 0 aliphatic heterocycles. The fraction of sp³-hybridized carbons (Fsp3) is 0.708. The zero-order valence-electron chi connectivity index (χ0n) is 18.1. The van der Waals surface area contributed by atoms with Gasteiger partial charge in [-0.3, -0.25) is 19.1 Å². The highest BCUT2D eigenvalue weighted by molar-refractivity contribution is 8.00. The Hall–Kier alpha value is -1.96. The van der Waals surface area contributed by atoms with Crippen molar-refractivity contribution < 1.29 is 4.79 Å². The van der Waals surface area contributed by atoms with Crippen molar-refractivity contribution in [1.29, 1.82) is 0 Å². The summed E-state index contributed by atoms with van der Waals surface area (Å²) in [6, 6.07) is 0.107. The Morgan fingerprint density at radius 1 is 1.00 bits per heavy atom. The highest BCUT2D eigenvalue weighted by atomic mass is 32.2. The zero-order chi connectivity index (χ0) is 21.6. The molecule has 0 saturated heterocycles. The van der Waals surface area contributed by atoms with Gasteiger partial charge in [-0.15, -0.1) is 0 Å². The van der Waals surface area contributed by atoms with Gasteiger partial charge in [0, 0.05) is 17.4 Å². The minimum Gasteiger partial charge on any atom is -0.298 e. The lowest BCUT2D eigenvalue weighted by Crippen LogP contribution is -2.50. The smallest absolute Gasteiger partial charge is 0.298 e. The van der Waals surface area contributed by atoms with Crippen LogP contribution < -0.4 is 11.2 Å². The van der Waals surface area contributed by atoms with E-state index in [0.29, 0.717) is 33.5 Å². The Kier molecular flexibility index (Phi) is 4.13. The monoisotopic (exact) mass is 452 g/mol. The molecule has 0 atom stereocenters. The van der Waals surface area contributed by atoms with E-state index in [9.17, 15) is 14.4 Å². The maximum absolute atomic E-state index is 13.6. The molecule has 0 amide bonds. The van der Waals surface area contributed by atoms with Gasteiger partial charge in [0.2, 0.25) is 0 Å². The summed E-state index contributed by atoms with van der Waals surface area (Å²) < 4.78 is 1.65. The average molecular weight is 453 g/mol. The number of nitrogens with zero attached hydrogens (tertiary/aromatic N) is 3. The van der Waals surface area contributed by atoms with Crippen LogP contribution in [0.2, 0.25) is 0 Å². The van der Waals surface area contributed by atoms with Gasteiger partial charge in [0.05, 0.1) is 5.75 Å². The van der Waals surface area contributed by atoms with Crippen molar-refractivity contribution in [2.45, 2.75) is 81.2 Å². The summed E-state index contributed by atoms with van der Waals surface area (Å²) in [4.78, 5) is 50.9. The lowest BCUT2D eigenvalue weighted by molar-refractivity contribution is -0.141. The number of Topliss-reactive ketones (excluding diaryl/α,β-unsaturated/α-hetero) is 1. The highest BCUT2D eigenvalue weighted by Gasteiger charge is 2.54. The quantitative estimate of drug-likeness (QED) is 0.532. The van der Waals surface area contributed by atoms with Crippen molar-refractivity contribution in [3.8, 4) is 0 Å². The Balaban J connectivity index is 1.25. The summed E-state index contributed by atoms with van der Waals surface area (Å²) in [5.41, 5.74) is -0.505. The number of H-pyrrole nitrogens is 1. The average Bonchev–Trinajstić information content (AvgIpc) is 3.64. The van der Waals surface area contributed by atoms with Crippen molar-refractivity contribution in [3.05, 3.63) is 26.7 Å². The molecule has 32 heavy (non-hydrogen) atoms. The van der Waals surface area contributed by atoms with E-state index in [0.717, 1.165) is 68.5 Å². The number of carbonyl (C=O) groups excluding carboxylic acids is 1. The Morgan fingerprint density at radius 3 is 2.25 bits per heavy atom. The number of rotatable bonds is 6. The van der Waals surface area contributed by atoms with E-state index in [2.05, 4.69) is 4.98 Å². The number of hydrogen-bond acceptors (Lipinski definition) is 6. The third kappa shape index (κ3) is 3.05. The molecule has 6 saturated carbocycles. The number of hydrogen-bond donors (Lipinski definition) is 1. The molecule has 1 N–H and O–H groups in total. The molecule has 4 bridgehead atoms. The summed E-state index contributed by atoms with van der Waals surface area (Å²) >= 11 is 1.39. The van der Waals surface area contributed by atoms with Gasteiger partial charge in [-0.25, -0.2) is 14.8 Å². The van der Waals surface area contributed by atoms with Crippen LogP contribution in [0, 0.1) is 23.2 Å². The number of carbonyl (C=O) groups is 1. The van der Waals surface area contributed by atoms with Crippen molar-refractivity contribution in [2.75, 3.05) is 5.75 Å². The van der Waals surface area contributed by atoms with E-state index in [1.54, 1.807) is 4.57 Å². The fourth-order valence-electron chi connectivity index (χ4n) is 7.17. The molecular formula is C24H28N4O3S. The molecule has 0 aromatic carbocycles. The van der Waals surface area contributed by atoms with Crippen LogP contribution in [0.25, 0.3) is 11.0 Å². The second kappa shape index (κ2) is 6.78. The number of thioether (sulfide) groups is 1. The summed E-state index contributed by atoms with van der Waals surface area (Å²) in [6.07, 6.45) is 11.0. The number of aromatic nitrogens is 4. The number of nitrogens with one attached hydrogen (secondary N) is 1. The lowest BCUT2D eigenvalue weighted by atomic mass is 9.48. The normalized spacial score (nSPS) is 33.2. The number of fused-ring (bicyclic) bond motifs is 1. The molecule has 168 valence electrons. The van der Waals surface area contributed by atoms with Crippen LogP contribution in [0.4, 0.5) is 0 Å². The first-order valence-corrected chi connectivity index (χ1v) is 13.2. The Labute approximate surface area is 189 Å². The molecule has 0 radical (unpaired) electrons. The van der Waals surface area contributed by atoms with Gasteiger partial charge < -0.3 is 0 Å². The molecule has 2 heterocycles. The topological polar surface area (TPSA) is 97.7 Å². The molecule has 6 aliphatic carbocycles. The molecule has 7 nitrogen and oxygen atoms in total.